The van der Waals surface area contributed by atoms with E-state index in [1.165, 1.54) is 0 Å². The van der Waals surface area contributed by atoms with Crippen LogP contribution in [0, 0.1) is 0 Å². The van der Waals surface area contributed by atoms with Crippen LogP contribution in [0.15, 0.2) is 30.5 Å². The summed E-state index contributed by atoms with van der Waals surface area (Å²) < 4.78 is 5.07. The van der Waals surface area contributed by atoms with Crippen molar-refractivity contribution in [2.75, 3.05) is 25.1 Å². The van der Waals surface area contributed by atoms with Crippen LogP contribution in [0.1, 0.15) is 0 Å². The molecule has 0 atom stereocenters. The smallest absolute Gasteiger partial charge is 0.243 e. The Bertz CT molecular complexity index is 589. The van der Waals surface area contributed by atoms with Gasteiger partial charge < -0.3 is 15.8 Å². The maximum absolute atomic E-state index is 10.5. The number of nitrogens with two attached hydrogens (primary N) is 1. The highest BCUT2D eigenvalue weighted by atomic mass is 35.5. The average Bonchev–Trinajstić information content (AvgIpc) is 2.37. The summed E-state index contributed by atoms with van der Waals surface area (Å²) >= 11 is 5.92. The SMILES string of the molecule is NC(=O)COCCNc1ccnc2cc(Cl)ccc12. The third-order valence-electron chi connectivity index (χ3n) is 2.51. The second-order valence-electron chi connectivity index (χ2n) is 3.97. The molecule has 3 N–H and O–H groups in total. The Balaban J connectivity index is 1.99. The van der Waals surface area contributed by atoms with Crippen molar-refractivity contribution in [2.24, 2.45) is 5.73 Å². The van der Waals surface area contributed by atoms with Crippen molar-refractivity contribution in [2.45, 2.75) is 0 Å². The Morgan fingerprint density at radius 3 is 3.05 bits per heavy atom. The predicted molar refractivity (Wildman–Crippen MR) is 75.3 cm³/mol. The van der Waals surface area contributed by atoms with Gasteiger partial charge in [-0.1, -0.05) is 11.6 Å². The van der Waals surface area contributed by atoms with Crippen molar-refractivity contribution in [3.8, 4) is 0 Å². The highest BCUT2D eigenvalue weighted by Crippen LogP contribution is 2.23. The normalized spacial score (nSPS) is 10.6. The first kappa shape index (κ1) is 13.6. The molecule has 100 valence electrons. The molecule has 2 rings (SSSR count). The van der Waals surface area contributed by atoms with Crippen LogP contribution in [0.2, 0.25) is 5.02 Å². The van der Waals surface area contributed by atoms with Crippen LogP contribution in [0.3, 0.4) is 0 Å². The van der Waals surface area contributed by atoms with Gasteiger partial charge in [-0.25, -0.2) is 0 Å². The van der Waals surface area contributed by atoms with Crippen LogP contribution in [-0.2, 0) is 9.53 Å². The van der Waals surface area contributed by atoms with Gasteiger partial charge in [-0.15, -0.1) is 0 Å². The van der Waals surface area contributed by atoms with Gasteiger partial charge in [0.05, 0.1) is 12.1 Å². The Labute approximate surface area is 115 Å². The van der Waals surface area contributed by atoms with Gasteiger partial charge in [0.1, 0.15) is 6.61 Å². The minimum Gasteiger partial charge on any atom is -0.382 e. The van der Waals surface area contributed by atoms with Crippen LogP contribution in [-0.4, -0.2) is 30.6 Å². The topological polar surface area (TPSA) is 77.2 Å². The molecule has 5 nitrogen and oxygen atoms in total. The number of pyridine rings is 1. The van der Waals surface area contributed by atoms with Gasteiger partial charge in [0.15, 0.2) is 0 Å². The molecule has 0 fully saturated rings. The molecule has 1 heterocycles. The van der Waals surface area contributed by atoms with Gasteiger partial charge in [-0.3, -0.25) is 9.78 Å². The zero-order valence-electron chi connectivity index (χ0n) is 10.2. The van der Waals surface area contributed by atoms with E-state index in [9.17, 15) is 4.79 Å². The second-order valence-corrected chi connectivity index (χ2v) is 4.40. The number of hydrogen-bond donors (Lipinski definition) is 2. The highest BCUT2D eigenvalue weighted by molar-refractivity contribution is 6.31. The summed E-state index contributed by atoms with van der Waals surface area (Å²) in [6.07, 6.45) is 1.71. The summed E-state index contributed by atoms with van der Waals surface area (Å²) in [5.74, 6) is -0.469. The van der Waals surface area contributed by atoms with Gasteiger partial charge in [0.2, 0.25) is 5.91 Å². The molecule has 0 aliphatic rings. The quantitative estimate of drug-likeness (QED) is 0.791. The molecule has 1 aromatic heterocycles. The van der Waals surface area contributed by atoms with Crippen molar-refractivity contribution in [3.05, 3.63) is 35.5 Å². The zero-order valence-corrected chi connectivity index (χ0v) is 11.0. The van der Waals surface area contributed by atoms with Gasteiger partial charge in [-0.05, 0) is 24.3 Å². The van der Waals surface area contributed by atoms with Crippen molar-refractivity contribution in [3.63, 3.8) is 0 Å². The Kier molecular flexibility index (Phi) is 4.54. The largest absolute Gasteiger partial charge is 0.382 e. The van der Waals surface area contributed by atoms with E-state index in [1.807, 2.05) is 24.3 Å². The number of nitrogens with zero attached hydrogens (tertiary/aromatic N) is 1. The maximum Gasteiger partial charge on any atom is 0.243 e. The molecule has 1 amide bonds. The third kappa shape index (κ3) is 3.81. The Hall–Kier alpha value is -1.85. The summed E-state index contributed by atoms with van der Waals surface area (Å²) in [4.78, 5) is 14.7. The summed E-state index contributed by atoms with van der Waals surface area (Å²) in [7, 11) is 0. The van der Waals surface area contributed by atoms with E-state index in [2.05, 4.69) is 10.3 Å². The second kappa shape index (κ2) is 6.36. The maximum atomic E-state index is 10.5. The van der Waals surface area contributed by atoms with Crippen molar-refractivity contribution in [1.82, 2.24) is 4.98 Å². The Morgan fingerprint density at radius 1 is 1.42 bits per heavy atom. The number of ether oxygens (including phenoxy) is 1. The lowest BCUT2D eigenvalue weighted by atomic mass is 10.2. The lowest BCUT2D eigenvalue weighted by Gasteiger charge is -2.09. The average molecular weight is 280 g/mol. The first-order chi connectivity index (χ1) is 9.16. The standard InChI is InChI=1S/C13H14ClN3O2/c14-9-1-2-10-11(3-4-16-12(10)7-9)17-5-6-19-8-13(15)18/h1-4,7H,5-6,8H2,(H2,15,18)(H,16,17). The minimum atomic E-state index is -0.469. The number of carbonyl (C=O) groups is 1. The van der Waals surface area contributed by atoms with Gasteiger partial charge in [0, 0.05) is 28.8 Å². The molecule has 0 aliphatic carbocycles. The molecule has 0 unspecified atom stereocenters. The number of amides is 1. The molecule has 0 bridgehead atoms. The molecule has 0 radical (unpaired) electrons. The molecule has 2 aromatic rings. The van der Waals surface area contributed by atoms with E-state index in [0.29, 0.717) is 18.2 Å². The number of carbonyl (C=O) groups excluding carboxylic acids is 1. The van der Waals surface area contributed by atoms with Gasteiger partial charge in [0.25, 0.3) is 0 Å². The number of fused-ring (bicyclic) bond motifs is 1. The molecule has 6 heteroatoms. The van der Waals surface area contributed by atoms with E-state index in [4.69, 9.17) is 22.1 Å². The number of nitrogens with one attached hydrogen (secondary N) is 1. The fourth-order valence-corrected chi connectivity index (χ4v) is 1.87. The van der Waals surface area contributed by atoms with E-state index < -0.39 is 5.91 Å². The molecule has 0 saturated heterocycles. The lowest BCUT2D eigenvalue weighted by molar-refractivity contribution is -0.122. The molecular formula is C13H14ClN3O2. The van der Waals surface area contributed by atoms with Crippen molar-refractivity contribution in [1.29, 1.82) is 0 Å². The number of primary amides is 1. The number of halogens is 1. The van der Waals surface area contributed by atoms with Crippen molar-refractivity contribution >= 4 is 34.1 Å². The monoisotopic (exact) mass is 279 g/mol. The van der Waals surface area contributed by atoms with Gasteiger partial charge >= 0.3 is 0 Å². The van der Waals surface area contributed by atoms with Crippen LogP contribution < -0.4 is 11.1 Å². The number of anilines is 1. The van der Waals surface area contributed by atoms with Gasteiger partial charge in [-0.2, -0.15) is 0 Å². The van der Waals surface area contributed by atoms with Crippen LogP contribution in [0.4, 0.5) is 5.69 Å². The number of rotatable bonds is 6. The molecule has 0 saturated carbocycles. The highest BCUT2D eigenvalue weighted by Gasteiger charge is 2.02. The molecular weight excluding hydrogens is 266 g/mol. The van der Waals surface area contributed by atoms with Crippen LogP contribution in [0.25, 0.3) is 10.9 Å². The summed E-state index contributed by atoms with van der Waals surface area (Å²) in [5.41, 5.74) is 6.75. The number of hydrogen-bond acceptors (Lipinski definition) is 4. The number of benzene rings is 1. The molecule has 0 aliphatic heterocycles. The Morgan fingerprint density at radius 2 is 2.26 bits per heavy atom. The van der Waals surface area contributed by atoms with Crippen molar-refractivity contribution < 1.29 is 9.53 Å². The van der Waals surface area contributed by atoms with E-state index in [0.717, 1.165) is 16.6 Å². The summed E-state index contributed by atoms with van der Waals surface area (Å²) in [6.45, 7) is 0.920. The van der Waals surface area contributed by atoms with Crippen LogP contribution >= 0.6 is 11.6 Å². The third-order valence-corrected chi connectivity index (χ3v) is 2.75. The van der Waals surface area contributed by atoms with Crippen LogP contribution in [0.5, 0.6) is 0 Å². The fourth-order valence-electron chi connectivity index (χ4n) is 1.71. The lowest BCUT2D eigenvalue weighted by Crippen LogP contribution is -2.20. The first-order valence-electron chi connectivity index (χ1n) is 5.81. The first-order valence-corrected chi connectivity index (χ1v) is 6.19. The fraction of sp³-hybridized carbons (Fsp3) is 0.231. The summed E-state index contributed by atoms with van der Waals surface area (Å²) in [6, 6.07) is 7.42. The molecule has 19 heavy (non-hydrogen) atoms. The van der Waals surface area contributed by atoms with E-state index in [-0.39, 0.29) is 6.61 Å². The number of aromatic nitrogens is 1. The molecule has 0 spiro atoms. The van der Waals surface area contributed by atoms with E-state index >= 15 is 0 Å². The van der Waals surface area contributed by atoms with E-state index in [1.54, 1.807) is 6.20 Å². The minimum absolute atomic E-state index is 0.0611. The zero-order chi connectivity index (χ0) is 13.7. The predicted octanol–water partition coefficient (Wildman–Crippen LogP) is 1.80. The summed E-state index contributed by atoms with van der Waals surface area (Å²) in [5, 5.41) is 4.86. The molecule has 1 aromatic carbocycles.